The summed E-state index contributed by atoms with van der Waals surface area (Å²) < 4.78 is 0. The predicted octanol–water partition coefficient (Wildman–Crippen LogP) is 3.05. The number of imide groups is 1. The number of nitrogens with one attached hydrogen (secondary N) is 1. The summed E-state index contributed by atoms with van der Waals surface area (Å²) in [6.45, 7) is 4.83. The Morgan fingerprint density at radius 3 is 2.12 bits per heavy atom. The molecule has 0 spiro atoms. The average Bonchev–Trinajstić information content (AvgIpc) is 3.07. The number of fused-ring (bicyclic) bond motifs is 1. The molecular weight excluding hydrogens is 418 g/mol. The summed E-state index contributed by atoms with van der Waals surface area (Å²) in [5.74, 6) is -0.960. The number of benzene rings is 2. The number of carbonyl (C=O) groups excluding carboxylic acids is 4. The SMILES string of the molecule is CCNC(=O)[C@H](CC)N(CCc1ccccc1)C(=O)CCCN1C(=O)c2ccccc2C1=O. The van der Waals surface area contributed by atoms with Gasteiger partial charge in [-0.05, 0) is 43.9 Å². The molecule has 0 unspecified atom stereocenters. The summed E-state index contributed by atoms with van der Waals surface area (Å²) in [7, 11) is 0. The molecule has 174 valence electrons. The first-order valence-electron chi connectivity index (χ1n) is 11.5. The van der Waals surface area contributed by atoms with Gasteiger partial charge in [-0.15, -0.1) is 0 Å². The van der Waals surface area contributed by atoms with Crippen LogP contribution in [0.3, 0.4) is 0 Å². The van der Waals surface area contributed by atoms with E-state index in [4.69, 9.17) is 0 Å². The molecule has 3 rings (SSSR count). The third kappa shape index (κ3) is 5.66. The smallest absolute Gasteiger partial charge is 0.261 e. The third-order valence-electron chi connectivity index (χ3n) is 5.87. The van der Waals surface area contributed by atoms with Crippen LogP contribution in [-0.4, -0.2) is 59.1 Å². The van der Waals surface area contributed by atoms with Crippen LogP contribution in [0.1, 0.15) is 59.4 Å². The quantitative estimate of drug-likeness (QED) is 0.534. The molecule has 4 amide bonds. The fraction of sp³-hybridized carbons (Fsp3) is 0.385. The van der Waals surface area contributed by atoms with Crippen molar-refractivity contribution in [3.63, 3.8) is 0 Å². The third-order valence-corrected chi connectivity index (χ3v) is 5.87. The molecule has 2 aromatic rings. The molecule has 0 radical (unpaired) electrons. The van der Waals surface area contributed by atoms with Crippen molar-refractivity contribution in [1.82, 2.24) is 15.1 Å². The number of hydrogen-bond acceptors (Lipinski definition) is 4. The van der Waals surface area contributed by atoms with Crippen LogP contribution in [0.4, 0.5) is 0 Å². The largest absolute Gasteiger partial charge is 0.355 e. The number of likely N-dealkylation sites (N-methyl/N-ethyl adjacent to an activating group) is 1. The highest BCUT2D eigenvalue weighted by Crippen LogP contribution is 2.23. The zero-order chi connectivity index (χ0) is 23.8. The van der Waals surface area contributed by atoms with Gasteiger partial charge < -0.3 is 10.2 Å². The standard InChI is InChI=1S/C26H31N3O4/c1-3-22(24(31)27-4-2)28(18-16-19-11-6-5-7-12-19)23(30)15-10-17-29-25(32)20-13-8-9-14-21(20)26(29)33/h5-9,11-14,22H,3-4,10,15-18H2,1-2H3,(H,27,31)/t22-/m0/s1. The zero-order valence-corrected chi connectivity index (χ0v) is 19.3. The van der Waals surface area contributed by atoms with Gasteiger partial charge in [-0.3, -0.25) is 24.1 Å². The molecule has 1 aliphatic heterocycles. The summed E-state index contributed by atoms with van der Waals surface area (Å²) in [4.78, 5) is 53.7. The van der Waals surface area contributed by atoms with E-state index in [1.54, 1.807) is 29.2 Å². The summed E-state index contributed by atoms with van der Waals surface area (Å²) in [6.07, 6.45) is 1.64. The van der Waals surface area contributed by atoms with E-state index in [9.17, 15) is 19.2 Å². The van der Waals surface area contributed by atoms with E-state index >= 15 is 0 Å². The Hall–Kier alpha value is -3.48. The molecule has 33 heavy (non-hydrogen) atoms. The molecule has 0 saturated heterocycles. The molecule has 1 aliphatic rings. The molecule has 0 bridgehead atoms. The van der Waals surface area contributed by atoms with E-state index in [0.717, 1.165) is 5.56 Å². The number of nitrogens with zero attached hydrogens (tertiary/aromatic N) is 2. The van der Waals surface area contributed by atoms with Gasteiger partial charge in [-0.1, -0.05) is 49.4 Å². The number of amides is 4. The predicted molar refractivity (Wildman–Crippen MR) is 126 cm³/mol. The van der Waals surface area contributed by atoms with Gasteiger partial charge in [-0.25, -0.2) is 0 Å². The first-order valence-corrected chi connectivity index (χ1v) is 11.5. The lowest BCUT2D eigenvalue weighted by molar-refractivity contribution is -0.140. The molecule has 0 aliphatic carbocycles. The Balaban J connectivity index is 1.64. The second-order valence-corrected chi connectivity index (χ2v) is 8.05. The van der Waals surface area contributed by atoms with Gasteiger partial charge >= 0.3 is 0 Å². The summed E-state index contributed by atoms with van der Waals surface area (Å²) >= 11 is 0. The van der Waals surface area contributed by atoms with Gasteiger partial charge in [0, 0.05) is 26.1 Å². The summed E-state index contributed by atoms with van der Waals surface area (Å²) in [5, 5.41) is 2.82. The van der Waals surface area contributed by atoms with E-state index in [-0.39, 0.29) is 36.6 Å². The summed E-state index contributed by atoms with van der Waals surface area (Å²) in [5.41, 5.74) is 1.90. The monoisotopic (exact) mass is 449 g/mol. The Labute approximate surface area is 194 Å². The Morgan fingerprint density at radius 2 is 1.55 bits per heavy atom. The van der Waals surface area contributed by atoms with Crippen LogP contribution in [0.2, 0.25) is 0 Å². The maximum absolute atomic E-state index is 13.2. The highest BCUT2D eigenvalue weighted by atomic mass is 16.2. The van der Waals surface area contributed by atoms with Gasteiger partial charge in [0.25, 0.3) is 11.8 Å². The Kier molecular flexibility index (Phi) is 8.35. The molecule has 7 heteroatoms. The minimum atomic E-state index is -0.555. The van der Waals surface area contributed by atoms with Crippen molar-refractivity contribution in [1.29, 1.82) is 0 Å². The van der Waals surface area contributed by atoms with Crippen molar-refractivity contribution in [2.24, 2.45) is 0 Å². The molecule has 0 fully saturated rings. The lowest BCUT2D eigenvalue weighted by Crippen LogP contribution is -2.50. The van der Waals surface area contributed by atoms with E-state index in [0.29, 0.717) is 43.5 Å². The number of rotatable bonds is 11. The minimum Gasteiger partial charge on any atom is -0.355 e. The molecule has 2 aromatic carbocycles. The fourth-order valence-electron chi connectivity index (χ4n) is 4.16. The van der Waals surface area contributed by atoms with Gasteiger partial charge in [0.05, 0.1) is 11.1 Å². The van der Waals surface area contributed by atoms with Crippen molar-refractivity contribution in [3.8, 4) is 0 Å². The molecular formula is C26H31N3O4. The zero-order valence-electron chi connectivity index (χ0n) is 19.3. The topological polar surface area (TPSA) is 86.8 Å². The molecule has 1 N–H and O–H groups in total. The first kappa shape index (κ1) is 24.2. The molecule has 0 aromatic heterocycles. The average molecular weight is 450 g/mol. The Bertz CT molecular complexity index is 971. The van der Waals surface area contributed by atoms with E-state index in [1.807, 2.05) is 44.2 Å². The first-order chi connectivity index (χ1) is 16.0. The molecule has 0 saturated carbocycles. The van der Waals surface area contributed by atoms with Crippen LogP contribution in [0.25, 0.3) is 0 Å². The molecule has 7 nitrogen and oxygen atoms in total. The lowest BCUT2D eigenvalue weighted by Gasteiger charge is -2.30. The van der Waals surface area contributed by atoms with E-state index < -0.39 is 6.04 Å². The van der Waals surface area contributed by atoms with Crippen LogP contribution in [0, 0.1) is 0 Å². The highest BCUT2D eigenvalue weighted by molar-refractivity contribution is 6.21. The van der Waals surface area contributed by atoms with Crippen LogP contribution in [-0.2, 0) is 16.0 Å². The van der Waals surface area contributed by atoms with Crippen LogP contribution in [0.15, 0.2) is 54.6 Å². The van der Waals surface area contributed by atoms with Gasteiger partial charge in [0.15, 0.2) is 0 Å². The summed E-state index contributed by atoms with van der Waals surface area (Å²) in [6, 6.07) is 16.0. The van der Waals surface area contributed by atoms with Crippen molar-refractivity contribution in [2.45, 2.75) is 45.6 Å². The molecule has 1 heterocycles. The van der Waals surface area contributed by atoms with Crippen molar-refractivity contribution in [3.05, 3.63) is 71.3 Å². The number of hydrogen-bond donors (Lipinski definition) is 1. The van der Waals surface area contributed by atoms with Gasteiger partial charge in [0.2, 0.25) is 11.8 Å². The van der Waals surface area contributed by atoms with Crippen molar-refractivity contribution in [2.75, 3.05) is 19.6 Å². The van der Waals surface area contributed by atoms with Crippen molar-refractivity contribution < 1.29 is 19.2 Å². The fourth-order valence-corrected chi connectivity index (χ4v) is 4.16. The van der Waals surface area contributed by atoms with E-state index in [1.165, 1.54) is 4.90 Å². The number of carbonyl (C=O) groups is 4. The normalized spacial score (nSPS) is 13.6. The van der Waals surface area contributed by atoms with Gasteiger partial charge in [-0.2, -0.15) is 0 Å². The van der Waals surface area contributed by atoms with Crippen LogP contribution < -0.4 is 5.32 Å². The van der Waals surface area contributed by atoms with E-state index in [2.05, 4.69) is 5.32 Å². The minimum absolute atomic E-state index is 0.151. The molecule has 1 atom stereocenters. The highest BCUT2D eigenvalue weighted by Gasteiger charge is 2.35. The second-order valence-electron chi connectivity index (χ2n) is 8.05. The van der Waals surface area contributed by atoms with Crippen LogP contribution >= 0.6 is 0 Å². The maximum Gasteiger partial charge on any atom is 0.261 e. The Morgan fingerprint density at radius 1 is 0.939 bits per heavy atom. The van der Waals surface area contributed by atoms with Gasteiger partial charge in [0.1, 0.15) is 6.04 Å². The van der Waals surface area contributed by atoms with Crippen LogP contribution in [0.5, 0.6) is 0 Å². The maximum atomic E-state index is 13.2. The van der Waals surface area contributed by atoms with Crippen molar-refractivity contribution >= 4 is 23.6 Å². The lowest BCUT2D eigenvalue weighted by atomic mass is 10.1. The second kappa shape index (κ2) is 11.4.